The molecule has 0 saturated carbocycles. The zero-order valence-electron chi connectivity index (χ0n) is 13.9. The number of anilines is 1. The van der Waals surface area contributed by atoms with E-state index in [4.69, 9.17) is 21.1 Å². The van der Waals surface area contributed by atoms with Gasteiger partial charge >= 0.3 is 12.6 Å². The monoisotopic (exact) mass is 481 g/mol. The van der Waals surface area contributed by atoms with Crippen molar-refractivity contribution in [3.05, 3.63) is 51.7 Å². The number of carbonyl (C=O) groups excluding carboxylic acids is 2. The van der Waals surface area contributed by atoms with Crippen LogP contribution in [-0.2, 0) is 14.3 Å². The molecule has 0 unspecified atom stereocenters. The summed E-state index contributed by atoms with van der Waals surface area (Å²) in [5, 5.41) is 2.22. The lowest BCUT2D eigenvalue weighted by Gasteiger charge is -2.10. The van der Waals surface area contributed by atoms with Crippen molar-refractivity contribution in [3.8, 4) is 11.5 Å². The lowest BCUT2D eigenvalue weighted by molar-refractivity contribution is -0.149. The van der Waals surface area contributed by atoms with Crippen molar-refractivity contribution in [1.82, 2.24) is 0 Å². The molecule has 0 radical (unpaired) electrons. The fraction of sp³-hybridized carbons (Fsp3) is 0.176. The molecule has 0 spiro atoms. The molecule has 150 valence electrons. The number of halogens is 5. The summed E-state index contributed by atoms with van der Waals surface area (Å²) in [7, 11) is 0. The molecule has 2 aromatic rings. The van der Waals surface area contributed by atoms with Gasteiger partial charge in [0, 0.05) is 10.2 Å². The van der Waals surface area contributed by atoms with Crippen LogP contribution in [0.15, 0.2) is 40.9 Å². The van der Waals surface area contributed by atoms with E-state index in [9.17, 15) is 22.8 Å². The molecular formula is C17H12BrClF3NO5. The van der Waals surface area contributed by atoms with Crippen molar-refractivity contribution >= 4 is 45.1 Å². The zero-order valence-corrected chi connectivity index (χ0v) is 16.2. The molecule has 6 nitrogen and oxygen atoms in total. The molecule has 0 aliphatic carbocycles. The van der Waals surface area contributed by atoms with Crippen LogP contribution in [0.2, 0.25) is 5.02 Å². The van der Waals surface area contributed by atoms with Gasteiger partial charge in [0.15, 0.2) is 24.8 Å². The first-order chi connectivity index (χ1) is 13.2. The lowest BCUT2D eigenvalue weighted by atomic mass is 10.3. The molecule has 11 heteroatoms. The number of benzene rings is 2. The van der Waals surface area contributed by atoms with Crippen molar-refractivity contribution in [1.29, 1.82) is 0 Å². The van der Waals surface area contributed by atoms with E-state index in [-0.39, 0.29) is 22.2 Å². The molecule has 0 bridgehead atoms. The van der Waals surface area contributed by atoms with E-state index < -0.39 is 37.5 Å². The molecule has 1 amide bonds. The summed E-state index contributed by atoms with van der Waals surface area (Å²) in [5.74, 6) is -2.67. The highest BCUT2D eigenvalue weighted by molar-refractivity contribution is 9.10. The first kappa shape index (κ1) is 21.8. The van der Waals surface area contributed by atoms with Crippen LogP contribution in [0.1, 0.15) is 0 Å². The summed E-state index contributed by atoms with van der Waals surface area (Å²) in [6, 6.07) is 7.64. The Morgan fingerprint density at radius 3 is 2.46 bits per heavy atom. The Morgan fingerprint density at radius 2 is 1.82 bits per heavy atom. The van der Waals surface area contributed by atoms with Gasteiger partial charge in [0.2, 0.25) is 0 Å². The van der Waals surface area contributed by atoms with Crippen LogP contribution in [0.25, 0.3) is 0 Å². The Bertz CT molecular complexity index is 869. The van der Waals surface area contributed by atoms with Crippen LogP contribution in [0.4, 0.5) is 18.9 Å². The molecule has 2 rings (SSSR count). The first-order valence-electron chi connectivity index (χ1n) is 7.52. The predicted molar refractivity (Wildman–Crippen MR) is 97.3 cm³/mol. The van der Waals surface area contributed by atoms with Gasteiger partial charge in [0.25, 0.3) is 5.91 Å². The second kappa shape index (κ2) is 10.2. The topological polar surface area (TPSA) is 73.9 Å². The van der Waals surface area contributed by atoms with Crippen molar-refractivity contribution in [2.45, 2.75) is 6.61 Å². The highest BCUT2D eigenvalue weighted by Crippen LogP contribution is 2.29. The van der Waals surface area contributed by atoms with Gasteiger partial charge < -0.3 is 19.5 Å². The summed E-state index contributed by atoms with van der Waals surface area (Å²) < 4.78 is 52.2. The normalized spacial score (nSPS) is 10.5. The third-order valence-corrected chi connectivity index (χ3v) is 3.82. The lowest BCUT2D eigenvalue weighted by Crippen LogP contribution is -2.23. The van der Waals surface area contributed by atoms with E-state index in [0.717, 1.165) is 12.1 Å². The summed E-state index contributed by atoms with van der Waals surface area (Å²) in [4.78, 5) is 23.4. The van der Waals surface area contributed by atoms with Crippen LogP contribution in [0.5, 0.6) is 11.5 Å². The van der Waals surface area contributed by atoms with Gasteiger partial charge in [-0.1, -0.05) is 27.5 Å². The minimum atomic E-state index is -3.04. The van der Waals surface area contributed by atoms with Crippen LogP contribution in [0.3, 0.4) is 0 Å². The Hall–Kier alpha value is -2.46. The smallest absolute Gasteiger partial charge is 0.387 e. The third-order valence-electron chi connectivity index (χ3n) is 3.04. The van der Waals surface area contributed by atoms with Gasteiger partial charge in [-0.15, -0.1) is 0 Å². The highest BCUT2D eigenvalue weighted by atomic mass is 79.9. The van der Waals surface area contributed by atoms with Crippen LogP contribution < -0.4 is 14.8 Å². The number of hydrogen-bond donors (Lipinski definition) is 1. The standard InChI is InChI=1S/C17H12BrClF3NO5/c18-9-1-3-14(12(20)5-9)26-8-16(25)27-7-15(24)23-10-2-4-13(11(19)6-10)28-17(21)22/h1-6,17H,7-8H2,(H,23,24). The summed E-state index contributed by atoms with van der Waals surface area (Å²) in [6.07, 6.45) is 0. The Labute approximate surface area is 170 Å². The molecule has 0 atom stereocenters. The Balaban J connectivity index is 1.78. The van der Waals surface area contributed by atoms with Crippen LogP contribution in [-0.4, -0.2) is 31.7 Å². The van der Waals surface area contributed by atoms with Crippen molar-refractivity contribution in [2.24, 2.45) is 0 Å². The van der Waals surface area contributed by atoms with E-state index in [0.29, 0.717) is 4.47 Å². The highest BCUT2D eigenvalue weighted by Gasteiger charge is 2.13. The van der Waals surface area contributed by atoms with Gasteiger partial charge in [-0.25, -0.2) is 9.18 Å². The first-order valence-corrected chi connectivity index (χ1v) is 8.69. The van der Waals surface area contributed by atoms with Gasteiger partial charge in [-0.2, -0.15) is 8.78 Å². The van der Waals surface area contributed by atoms with E-state index in [1.807, 2.05) is 0 Å². The molecule has 0 aromatic heterocycles. The summed E-state index contributed by atoms with van der Waals surface area (Å²) in [6.45, 7) is -4.28. The molecule has 28 heavy (non-hydrogen) atoms. The average molecular weight is 483 g/mol. The Kier molecular flexibility index (Phi) is 7.94. The average Bonchev–Trinajstić information content (AvgIpc) is 2.61. The van der Waals surface area contributed by atoms with Crippen LogP contribution in [0, 0.1) is 5.82 Å². The molecule has 0 heterocycles. The van der Waals surface area contributed by atoms with Gasteiger partial charge in [-0.3, -0.25) is 4.79 Å². The molecule has 0 aliphatic rings. The van der Waals surface area contributed by atoms with E-state index in [2.05, 4.69) is 26.0 Å². The van der Waals surface area contributed by atoms with E-state index >= 15 is 0 Å². The molecule has 1 N–H and O–H groups in total. The van der Waals surface area contributed by atoms with E-state index in [1.54, 1.807) is 0 Å². The number of nitrogens with one attached hydrogen (secondary N) is 1. The zero-order chi connectivity index (χ0) is 20.7. The number of hydrogen-bond acceptors (Lipinski definition) is 5. The molecule has 0 aliphatic heterocycles. The van der Waals surface area contributed by atoms with Crippen molar-refractivity contribution in [3.63, 3.8) is 0 Å². The summed E-state index contributed by atoms with van der Waals surface area (Å²) >= 11 is 8.84. The largest absolute Gasteiger partial charge is 0.479 e. The van der Waals surface area contributed by atoms with Crippen molar-refractivity contribution in [2.75, 3.05) is 18.5 Å². The van der Waals surface area contributed by atoms with Gasteiger partial charge in [0.1, 0.15) is 5.75 Å². The van der Waals surface area contributed by atoms with Gasteiger partial charge in [0.05, 0.1) is 5.02 Å². The Morgan fingerprint density at radius 1 is 1.11 bits per heavy atom. The maximum Gasteiger partial charge on any atom is 0.387 e. The van der Waals surface area contributed by atoms with E-state index in [1.165, 1.54) is 24.3 Å². The number of esters is 1. The number of alkyl halides is 2. The van der Waals surface area contributed by atoms with Gasteiger partial charge in [-0.05, 0) is 36.4 Å². The maximum absolute atomic E-state index is 13.6. The number of ether oxygens (including phenoxy) is 3. The number of amides is 1. The quantitative estimate of drug-likeness (QED) is 0.565. The molecule has 0 fully saturated rings. The number of carbonyl (C=O) groups is 2. The summed E-state index contributed by atoms with van der Waals surface area (Å²) in [5.41, 5.74) is 0.181. The fourth-order valence-electron chi connectivity index (χ4n) is 1.88. The molecule has 2 aromatic carbocycles. The van der Waals surface area contributed by atoms with Crippen molar-refractivity contribution < 1.29 is 37.0 Å². The van der Waals surface area contributed by atoms with Crippen LogP contribution >= 0.6 is 27.5 Å². The third kappa shape index (κ3) is 6.93. The molecule has 0 saturated heterocycles. The second-order valence-electron chi connectivity index (χ2n) is 5.10. The number of rotatable bonds is 8. The SMILES string of the molecule is O=C(COC(=O)COc1ccc(Br)cc1F)Nc1ccc(OC(F)F)c(Cl)c1. The second-order valence-corrected chi connectivity index (χ2v) is 6.42. The minimum Gasteiger partial charge on any atom is -0.479 e. The minimum absolute atomic E-state index is 0.139. The molecular weight excluding hydrogens is 471 g/mol. The fourth-order valence-corrected chi connectivity index (χ4v) is 2.44. The maximum atomic E-state index is 13.6. The predicted octanol–water partition coefficient (Wildman–Crippen LogP) is 4.40.